The van der Waals surface area contributed by atoms with Crippen molar-refractivity contribution in [2.24, 2.45) is 7.05 Å². The Morgan fingerprint density at radius 3 is 3.05 bits per heavy atom. The lowest BCUT2D eigenvalue weighted by molar-refractivity contribution is 0.124. The van der Waals surface area contributed by atoms with Gasteiger partial charge in [-0.15, -0.1) is 0 Å². The third kappa shape index (κ3) is 2.25. The normalized spacial score (nSPS) is 19.6. The maximum Gasteiger partial charge on any atom is 0.102 e. The van der Waals surface area contributed by atoms with Crippen LogP contribution in [-0.2, 0) is 19.9 Å². The lowest BCUT2D eigenvalue weighted by Gasteiger charge is -2.30. The molecule has 1 aromatic heterocycles. The van der Waals surface area contributed by atoms with E-state index in [9.17, 15) is 5.11 Å². The Morgan fingerprint density at radius 1 is 1.45 bits per heavy atom. The number of aliphatic hydroxyl groups is 1. The van der Waals surface area contributed by atoms with Crippen LogP contribution >= 0.6 is 0 Å². The molecule has 0 saturated heterocycles. The first kappa shape index (κ1) is 13.3. The zero-order valence-electron chi connectivity index (χ0n) is 12.0. The summed E-state index contributed by atoms with van der Waals surface area (Å²) in [5.74, 6) is 0. The fourth-order valence-corrected chi connectivity index (χ4v) is 3.07. The molecule has 3 rings (SSSR count). The van der Waals surface area contributed by atoms with E-state index >= 15 is 0 Å². The Balaban J connectivity index is 1.97. The van der Waals surface area contributed by atoms with Crippen LogP contribution in [0.5, 0.6) is 0 Å². The molecule has 2 unspecified atom stereocenters. The number of nitrogens with zero attached hydrogens (tertiary/aromatic N) is 2. The lowest BCUT2D eigenvalue weighted by atomic mass is 9.88. The minimum atomic E-state index is -0.555. The number of aromatic nitrogens is 2. The molecule has 4 heteroatoms. The maximum absolute atomic E-state index is 10.8. The summed E-state index contributed by atoms with van der Waals surface area (Å²) in [4.78, 5) is 0. The van der Waals surface area contributed by atoms with E-state index in [1.165, 1.54) is 11.1 Å². The van der Waals surface area contributed by atoms with Crippen molar-refractivity contribution in [2.75, 3.05) is 6.54 Å². The smallest absolute Gasteiger partial charge is 0.102 e. The molecule has 2 N–H and O–H groups in total. The Bertz CT molecular complexity index is 606. The van der Waals surface area contributed by atoms with Gasteiger partial charge in [0.25, 0.3) is 0 Å². The summed E-state index contributed by atoms with van der Waals surface area (Å²) in [5, 5.41) is 18.7. The van der Waals surface area contributed by atoms with Gasteiger partial charge in [-0.1, -0.05) is 31.2 Å². The Labute approximate surface area is 119 Å². The van der Waals surface area contributed by atoms with Crippen molar-refractivity contribution in [3.05, 3.63) is 52.8 Å². The van der Waals surface area contributed by atoms with Gasteiger partial charge in [-0.25, -0.2) is 0 Å². The average molecular weight is 271 g/mol. The van der Waals surface area contributed by atoms with Crippen LogP contribution in [0.1, 0.15) is 41.5 Å². The molecule has 2 heterocycles. The van der Waals surface area contributed by atoms with Crippen molar-refractivity contribution in [1.82, 2.24) is 15.1 Å². The van der Waals surface area contributed by atoms with Crippen molar-refractivity contribution in [3.63, 3.8) is 0 Å². The minimum Gasteiger partial charge on any atom is -0.386 e. The third-order valence-corrected chi connectivity index (χ3v) is 4.06. The van der Waals surface area contributed by atoms with Gasteiger partial charge < -0.3 is 10.4 Å². The molecule has 0 bridgehead atoms. The number of nitrogens with one attached hydrogen (secondary N) is 1. The number of rotatable bonds is 3. The number of fused-ring (bicyclic) bond motifs is 1. The molecule has 1 aromatic carbocycles. The van der Waals surface area contributed by atoms with Crippen molar-refractivity contribution in [1.29, 1.82) is 0 Å². The Morgan fingerprint density at radius 2 is 2.25 bits per heavy atom. The molecule has 0 saturated carbocycles. The molecule has 0 aliphatic carbocycles. The highest BCUT2D eigenvalue weighted by molar-refractivity contribution is 5.35. The summed E-state index contributed by atoms with van der Waals surface area (Å²) >= 11 is 0. The van der Waals surface area contributed by atoms with Crippen LogP contribution in [0.15, 0.2) is 30.5 Å². The van der Waals surface area contributed by atoms with E-state index in [1.54, 1.807) is 4.68 Å². The van der Waals surface area contributed by atoms with E-state index < -0.39 is 6.10 Å². The maximum atomic E-state index is 10.8. The standard InChI is InChI=1S/C16H21N3O/c1-3-14-13(10-19(2)18-14)16(20)15-12-7-5-4-6-11(12)8-9-17-15/h4-7,10,15-17,20H,3,8-9H2,1-2H3. The fourth-order valence-electron chi connectivity index (χ4n) is 3.07. The number of aliphatic hydroxyl groups excluding tert-OH is 1. The molecular weight excluding hydrogens is 250 g/mol. The summed E-state index contributed by atoms with van der Waals surface area (Å²) in [6, 6.07) is 8.32. The quantitative estimate of drug-likeness (QED) is 0.896. The molecular formula is C16H21N3O. The van der Waals surface area contributed by atoms with Crippen LogP contribution in [0.25, 0.3) is 0 Å². The summed E-state index contributed by atoms with van der Waals surface area (Å²) in [7, 11) is 1.90. The van der Waals surface area contributed by atoms with Crippen molar-refractivity contribution in [2.45, 2.75) is 31.9 Å². The highest BCUT2D eigenvalue weighted by Gasteiger charge is 2.29. The number of hydrogen-bond acceptors (Lipinski definition) is 3. The first-order valence-electron chi connectivity index (χ1n) is 7.22. The average Bonchev–Trinajstić information content (AvgIpc) is 2.87. The molecule has 20 heavy (non-hydrogen) atoms. The predicted octanol–water partition coefficient (Wildman–Crippen LogP) is 1.90. The van der Waals surface area contributed by atoms with Crippen LogP contribution in [0.2, 0.25) is 0 Å². The second-order valence-electron chi connectivity index (χ2n) is 5.38. The van der Waals surface area contributed by atoms with Gasteiger partial charge in [-0.3, -0.25) is 4.68 Å². The van der Waals surface area contributed by atoms with Gasteiger partial charge in [0, 0.05) is 18.8 Å². The molecule has 0 radical (unpaired) electrons. The summed E-state index contributed by atoms with van der Waals surface area (Å²) in [6.07, 6.45) is 3.23. The first-order valence-corrected chi connectivity index (χ1v) is 7.22. The van der Waals surface area contributed by atoms with Gasteiger partial charge in [-0.05, 0) is 30.5 Å². The monoisotopic (exact) mass is 271 g/mol. The SMILES string of the molecule is CCc1nn(C)cc1C(O)C1NCCc2ccccc21. The number of hydrogen-bond donors (Lipinski definition) is 2. The van der Waals surface area contributed by atoms with Crippen molar-refractivity contribution < 1.29 is 5.11 Å². The molecule has 4 nitrogen and oxygen atoms in total. The van der Waals surface area contributed by atoms with Gasteiger partial charge in [0.05, 0.1) is 11.7 Å². The van der Waals surface area contributed by atoms with Gasteiger partial charge in [-0.2, -0.15) is 5.10 Å². The summed E-state index contributed by atoms with van der Waals surface area (Å²) < 4.78 is 1.78. The van der Waals surface area contributed by atoms with Gasteiger partial charge in [0.15, 0.2) is 0 Å². The molecule has 0 amide bonds. The fraction of sp³-hybridized carbons (Fsp3) is 0.438. The van der Waals surface area contributed by atoms with E-state index in [0.717, 1.165) is 30.6 Å². The molecule has 1 aliphatic heterocycles. The van der Waals surface area contributed by atoms with E-state index in [0.29, 0.717) is 0 Å². The zero-order valence-corrected chi connectivity index (χ0v) is 12.0. The number of benzene rings is 1. The predicted molar refractivity (Wildman–Crippen MR) is 78.4 cm³/mol. The van der Waals surface area contributed by atoms with E-state index in [-0.39, 0.29) is 6.04 Å². The van der Waals surface area contributed by atoms with E-state index in [4.69, 9.17) is 0 Å². The van der Waals surface area contributed by atoms with Crippen LogP contribution in [-0.4, -0.2) is 21.4 Å². The lowest BCUT2D eigenvalue weighted by Crippen LogP contribution is -2.34. The highest BCUT2D eigenvalue weighted by Crippen LogP contribution is 2.34. The van der Waals surface area contributed by atoms with Crippen LogP contribution in [0.4, 0.5) is 0 Å². The van der Waals surface area contributed by atoms with Crippen molar-refractivity contribution in [3.8, 4) is 0 Å². The summed E-state index contributed by atoms with van der Waals surface area (Å²) in [5.41, 5.74) is 4.45. The van der Waals surface area contributed by atoms with Gasteiger partial charge >= 0.3 is 0 Å². The third-order valence-electron chi connectivity index (χ3n) is 4.06. The minimum absolute atomic E-state index is 0.0468. The molecule has 0 spiro atoms. The van der Waals surface area contributed by atoms with Gasteiger partial charge in [0.1, 0.15) is 6.10 Å². The molecule has 0 fully saturated rings. The molecule has 1 aliphatic rings. The number of aryl methyl sites for hydroxylation is 2. The zero-order chi connectivity index (χ0) is 14.1. The van der Waals surface area contributed by atoms with E-state index in [2.05, 4.69) is 35.5 Å². The second kappa shape index (κ2) is 5.38. The largest absolute Gasteiger partial charge is 0.386 e. The molecule has 106 valence electrons. The Hall–Kier alpha value is -1.65. The second-order valence-corrected chi connectivity index (χ2v) is 5.38. The van der Waals surface area contributed by atoms with Crippen LogP contribution < -0.4 is 5.32 Å². The molecule has 2 aromatic rings. The Kier molecular flexibility index (Phi) is 3.59. The topological polar surface area (TPSA) is 50.1 Å². The van der Waals surface area contributed by atoms with Crippen LogP contribution in [0.3, 0.4) is 0 Å². The molecule has 2 atom stereocenters. The van der Waals surface area contributed by atoms with Crippen LogP contribution in [0, 0.1) is 0 Å². The summed E-state index contributed by atoms with van der Waals surface area (Å²) in [6.45, 7) is 2.97. The van der Waals surface area contributed by atoms with Crippen molar-refractivity contribution >= 4 is 0 Å². The first-order chi connectivity index (χ1) is 9.70. The van der Waals surface area contributed by atoms with E-state index in [1.807, 2.05) is 19.3 Å². The van der Waals surface area contributed by atoms with Gasteiger partial charge in [0.2, 0.25) is 0 Å². The highest BCUT2D eigenvalue weighted by atomic mass is 16.3.